The third-order valence-electron chi connectivity index (χ3n) is 2.93. The van der Waals surface area contributed by atoms with Crippen molar-refractivity contribution >= 4 is 22.2 Å². The topological polar surface area (TPSA) is 64.9 Å². The summed E-state index contributed by atoms with van der Waals surface area (Å²) in [6.45, 7) is 1.37. The first kappa shape index (κ1) is 14.8. The lowest BCUT2D eigenvalue weighted by molar-refractivity contribution is -0.142. The Morgan fingerprint density at radius 2 is 2.25 bits per heavy atom. The standard InChI is InChI=1S/C12H12F3N3OS/c13-12(14,15)3-1-10(19)18-11-8(5-16)7-2-4-17-6-9(7)20-11/h17H,1-4,6H2,(H,18,19). The summed E-state index contributed by atoms with van der Waals surface area (Å²) in [6, 6.07) is 2.03. The lowest BCUT2D eigenvalue weighted by atomic mass is 10.1. The minimum atomic E-state index is -4.35. The molecule has 4 nitrogen and oxygen atoms in total. The number of nitriles is 1. The zero-order valence-electron chi connectivity index (χ0n) is 10.4. The second kappa shape index (κ2) is 5.81. The van der Waals surface area contributed by atoms with Gasteiger partial charge >= 0.3 is 6.18 Å². The van der Waals surface area contributed by atoms with Gasteiger partial charge in [-0.2, -0.15) is 18.4 Å². The molecule has 0 radical (unpaired) electrons. The summed E-state index contributed by atoms with van der Waals surface area (Å²) in [5.74, 6) is -0.717. The van der Waals surface area contributed by atoms with E-state index in [4.69, 9.17) is 5.26 Å². The molecule has 0 aliphatic carbocycles. The highest BCUT2D eigenvalue weighted by Gasteiger charge is 2.28. The Balaban J connectivity index is 2.08. The average molecular weight is 303 g/mol. The summed E-state index contributed by atoms with van der Waals surface area (Å²) < 4.78 is 36.1. The van der Waals surface area contributed by atoms with Crippen LogP contribution < -0.4 is 10.6 Å². The second-order valence-corrected chi connectivity index (χ2v) is 5.52. The molecular weight excluding hydrogens is 291 g/mol. The molecule has 1 aliphatic rings. The predicted molar refractivity (Wildman–Crippen MR) is 68.4 cm³/mol. The maximum Gasteiger partial charge on any atom is 0.389 e. The Morgan fingerprint density at radius 3 is 2.90 bits per heavy atom. The SMILES string of the molecule is N#Cc1c(NC(=O)CCC(F)(F)F)sc2c1CCNC2. The number of fused-ring (bicyclic) bond motifs is 1. The largest absolute Gasteiger partial charge is 0.389 e. The van der Waals surface area contributed by atoms with E-state index in [2.05, 4.69) is 10.6 Å². The Hall–Kier alpha value is -1.59. The number of halogens is 3. The minimum Gasteiger partial charge on any atom is -0.317 e. The Labute approximate surface area is 117 Å². The normalized spacial score (nSPS) is 14.5. The van der Waals surface area contributed by atoms with Crippen molar-refractivity contribution in [1.82, 2.24) is 5.32 Å². The highest BCUT2D eigenvalue weighted by atomic mass is 32.1. The number of carbonyl (C=O) groups excluding carboxylic acids is 1. The van der Waals surface area contributed by atoms with Crippen molar-refractivity contribution < 1.29 is 18.0 Å². The van der Waals surface area contributed by atoms with E-state index < -0.39 is 24.9 Å². The molecule has 1 aromatic heterocycles. The van der Waals surface area contributed by atoms with Crippen molar-refractivity contribution in [3.63, 3.8) is 0 Å². The van der Waals surface area contributed by atoms with E-state index in [0.717, 1.165) is 17.0 Å². The molecule has 0 unspecified atom stereocenters. The van der Waals surface area contributed by atoms with Crippen LogP contribution in [0.4, 0.5) is 18.2 Å². The van der Waals surface area contributed by atoms with Gasteiger partial charge in [-0.3, -0.25) is 4.79 Å². The fraction of sp³-hybridized carbons (Fsp3) is 0.500. The van der Waals surface area contributed by atoms with Crippen LogP contribution in [0.3, 0.4) is 0 Å². The molecule has 0 bridgehead atoms. The molecule has 0 spiro atoms. The molecule has 0 saturated carbocycles. The van der Waals surface area contributed by atoms with Gasteiger partial charge in [0, 0.05) is 17.8 Å². The molecule has 108 valence electrons. The number of amides is 1. The summed E-state index contributed by atoms with van der Waals surface area (Å²) in [5, 5.41) is 15.1. The molecular formula is C12H12F3N3OS. The fourth-order valence-corrected chi connectivity index (χ4v) is 3.17. The summed E-state index contributed by atoms with van der Waals surface area (Å²) in [4.78, 5) is 12.5. The van der Waals surface area contributed by atoms with Crippen molar-refractivity contribution in [2.24, 2.45) is 0 Å². The van der Waals surface area contributed by atoms with Crippen molar-refractivity contribution in [3.8, 4) is 6.07 Å². The van der Waals surface area contributed by atoms with Crippen LogP contribution in [-0.4, -0.2) is 18.6 Å². The zero-order valence-corrected chi connectivity index (χ0v) is 11.2. The summed E-state index contributed by atoms with van der Waals surface area (Å²) >= 11 is 1.25. The van der Waals surface area contributed by atoms with Gasteiger partial charge in [-0.15, -0.1) is 11.3 Å². The average Bonchev–Trinajstić information content (AvgIpc) is 2.72. The molecule has 1 aliphatic heterocycles. The third-order valence-corrected chi connectivity index (χ3v) is 4.08. The van der Waals surface area contributed by atoms with Crippen molar-refractivity contribution in [2.45, 2.75) is 32.0 Å². The fourth-order valence-electron chi connectivity index (χ4n) is 1.99. The van der Waals surface area contributed by atoms with Crippen LogP contribution in [0.2, 0.25) is 0 Å². The predicted octanol–water partition coefficient (Wildman–Crippen LogP) is 2.55. The van der Waals surface area contributed by atoms with Crippen LogP contribution in [0.15, 0.2) is 0 Å². The number of alkyl halides is 3. The summed E-state index contributed by atoms with van der Waals surface area (Å²) in [6.07, 6.45) is -5.45. The van der Waals surface area contributed by atoms with E-state index in [1.165, 1.54) is 11.3 Å². The quantitative estimate of drug-likeness (QED) is 0.902. The molecule has 1 amide bonds. The molecule has 8 heteroatoms. The van der Waals surface area contributed by atoms with Crippen LogP contribution in [0.1, 0.15) is 28.8 Å². The highest BCUT2D eigenvalue weighted by molar-refractivity contribution is 7.16. The van der Waals surface area contributed by atoms with Gasteiger partial charge in [0.25, 0.3) is 0 Å². The lowest BCUT2D eigenvalue weighted by Crippen LogP contribution is -2.22. The summed E-state index contributed by atoms with van der Waals surface area (Å²) in [5.41, 5.74) is 1.27. The minimum absolute atomic E-state index is 0.355. The second-order valence-electron chi connectivity index (χ2n) is 4.41. The molecule has 0 aromatic carbocycles. The first-order valence-corrected chi connectivity index (χ1v) is 6.84. The van der Waals surface area contributed by atoms with E-state index >= 15 is 0 Å². The number of nitrogens with zero attached hydrogens (tertiary/aromatic N) is 1. The van der Waals surface area contributed by atoms with Crippen molar-refractivity contribution in [1.29, 1.82) is 5.26 Å². The molecule has 20 heavy (non-hydrogen) atoms. The molecule has 2 heterocycles. The highest BCUT2D eigenvalue weighted by Crippen LogP contribution is 2.35. The molecule has 2 N–H and O–H groups in total. The summed E-state index contributed by atoms with van der Waals surface area (Å²) in [7, 11) is 0. The van der Waals surface area contributed by atoms with Crippen molar-refractivity contribution in [2.75, 3.05) is 11.9 Å². The number of thiophene rings is 1. The Bertz CT molecular complexity index is 560. The van der Waals surface area contributed by atoms with Gasteiger partial charge in [-0.05, 0) is 18.5 Å². The van der Waals surface area contributed by atoms with E-state index in [0.29, 0.717) is 23.5 Å². The monoisotopic (exact) mass is 303 g/mol. The van der Waals surface area contributed by atoms with Crippen LogP contribution in [0, 0.1) is 11.3 Å². The molecule has 0 fully saturated rings. The van der Waals surface area contributed by atoms with Crippen LogP contribution in [0.5, 0.6) is 0 Å². The van der Waals surface area contributed by atoms with Crippen molar-refractivity contribution in [3.05, 3.63) is 16.0 Å². The first-order chi connectivity index (χ1) is 9.40. The van der Waals surface area contributed by atoms with Gasteiger partial charge in [0.2, 0.25) is 5.91 Å². The van der Waals surface area contributed by atoms with Gasteiger partial charge in [-0.1, -0.05) is 0 Å². The Kier molecular flexibility index (Phi) is 4.30. The van der Waals surface area contributed by atoms with Gasteiger partial charge in [0.15, 0.2) is 0 Å². The zero-order chi connectivity index (χ0) is 14.8. The van der Waals surface area contributed by atoms with E-state index in [1.807, 2.05) is 6.07 Å². The molecule has 0 atom stereocenters. The van der Waals surface area contributed by atoms with Gasteiger partial charge < -0.3 is 10.6 Å². The van der Waals surface area contributed by atoms with E-state index in [1.54, 1.807) is 0 Å². The number of rotatable bonds is 3. The maximum absolute atomic E-state index is 12.0. The van der Waals surface area contributed by atoms with Crippen LogP contribution in [0.25, 0.3) is 0 Å². The number of carbonyl (C=O) groups is 1. The van der Waals surface area contributed by atoms with E-state index in [9.17, 15) is 18.0 Å². The lowest BCUT2D eigenvalue weighted by Gasteiger charge is -2.11. The number of anilines is 1. The number of nitrogens with one attached hydrogen (secondary N) is 2. The number of hydrogen-bond donors (Lipinski definition) is 2. The molecule has 1 aromatic rings. The Morgan fingerprint density at radius 1 is 1.50 bits per heavy atom. The van der Waals surface area contributed by atoms with Gasteiger partial charge in [0.05, 0.1) is 12.0 Å². The molecule has 2 rings (SSSR count). The number of hydrogen-bond acceptors (Lipinski definition) is 4. The maximum atomic E-state index is 12.0. The molecule has 0 saturated heterocycles. The van der Waals surface area contributed by atoms with Gasteiger partial charge in [0.1, 0.15) is 11.1 Å². The third kappa shape index (κ3) is 3.49. The first-order valence-electron chi connectivity index (χ1n) is 6.02. The van der Waals surface area contributed by atoms with Gasteiger partial charge in [-0.25, -0.2) is 0 Å². The van der Waals surface area contributed by atoms with E-state index in [-0.39, 0.29) is 0 Å². The van der Waals surface area contributed by atoms with Crippen LogP contribution in [-0.2, 0) is 17.8 Å². The smallest absolute Gasteiger partial charge is 0.317 e. The van der Waals surface area contributed by atoms with Crippen LogP contribution >= 0.6 is 11.3 Å².